The van der Waals surface area contributed by atoms with Crippen LogP contribution in [-0.2, 0) is 4.79 Å². The Labute approximate surface area is 79.5 Å². The molecule has 1 N–H and O–H groups in total. The van der Waals surface area contributed by atoms with Crippen LogP contribution in [0.15, 0.2) is 0 Å². The second-order valence-electron chi connectivity index (χ2n) is 3.07. The van der Waals surface area contributed by atoms with Crippen molar-refractivity contribution in [3.8, 4) is 6.07 Å². The van der Waals surface area contributed by atoms with Crippen LogP contribution in [0.25, 0.3) is 0 Å². The van der Waals surface area contributed by atoms with Crippen molar-refractivity contribution >= 4 is 5.91 Å². The maximum absolute atomic E-state index is 11.2. The van der Waals surface area contributed by atoms with Crippen LogP contribution < -0.4 is 5.32 Å². The van der Waals surface area contributed by atoms with E-state index in [2.05, 4.69) is 11.4 Å². The zero-order valence-corrected chi connectivity index (χ0v) is 8.50. The fourth-order valence-corrected chi connectivity index (χ4v) is 0.782. The van der Waals surface area contributed by atoms with Gasteiger partial charge < -0.3 is 5.32 Å². The van der Waals surface area contributed by atoms with E-state index in [-0.39, 0.29) is 18.5 Å². The molecular weight excluding hydrogens is 166 g/mol. The molecule has 0 bridgehead atoms. The SMILES string of the molecule is CCCNC(=O)CN(C)C(C)C#N. The Morgan fingerprint density at radius 1 is 1.69 bits per heavy atom. The summed E-state index contributed by atoms with van der Waals surface area (Å²) in [4.78, 5) is 12.9. The van der Waals surface area contributed by atoms with E-state index in [0.29, 0.717) is 6.54 Å². The highest BCUT2D eigenvalue weighted by Crippen LogP contribution is 1.91. The van der Waals surface area contributed by atoms with Crippen LogP contribution >= 0.6 is 0 Å². The summed E-state index contributed by atoms with van der Waals surface area (Å²) < 4.78 is 0. The van der Waals surface area contributed by atoms with Crippen LogP contribution in [0.4, 0.5) is 0 Å². The van der Waals surface area contributed by atoms with E-state index >= 15 is 0 Å². The Kier molecular flexibility index (Phi) is 5.90. The molecule has 0 aliphatic rings. The number of likely N-dealkylation sites (N-methyl/N-ethyl adjacent to an activating group) is 1. The second-order valence-corrected chi connectivity index (χ2v) is 3.07. The van der Waals surface area contributed by atoms with Gasteiger partial charge in [0.2, 0.25) is 5.91 Å². The Balaban J connectivity index is 3.72. The van der Waals surface area contributed by atoms with E-state index in [1.54, 1.807) is 18.9 Å². The Morgan fingerprint density at radius 3 is 2.77 bits per heavy atom. The summed E-state index contributed by atoms with van der Waals surface area (Å²) in [6.07, 6.45) is 0.934. The number of hydrogen-bond donors (Lipinski definition) is 1. The predicted octanol–water partition coefficient (Wildman–Crippen LogP) is 0.356. The average molecular weight is 183 g/mol. The van der Waals surface area contributed by atoms with Crippen LogP contribution in [0.1, 0.15) is 20.3 Å². The fourth-order valence-electron chi connectivity index (χ4n) is 0.782. The lowest BCUT2D eigenvalue weighted by Crippen LogP contribution is -2.39. The third-order valence-corrected chi connectivity index (χ3v) is 1.81. The Bertz CT molecular complexity index is 198. The summed E-state index contributed by atoms with van der Waals surface area (Å²) in [6, 6.07) is 1.86. The number of nitrogens with one attached hydrogen (secondary N) is 1. The maximum atomic E-state index is 11.2. The van der Waals surface area contributed by atoms with E-state index in [0.717, 1.165) is 6.42 Å². The lowest BCUT2D eigenvalue weighted by molar-refractivity contribution is -0.122. The molecule has 0 rings (SSSR count). The normalized spacial score (nSPS) is 12.2. The zero-order chi connectivity index (χ0) is 10.3. The quantitative estimate of drug-likeness (QED) is 0.669. The summed E-state index contributed by atoms with van der Waals surface area (Å²) in [5.41, 5.74) is 0. The lowest BCUT2D eigenvalue weighted by atomic mass is 10.3. The van der Waals surface area contributed by atoms with Crippen molar-refractivity contribution in [2.75, 3.05) is 20.1 Å². The molecular formula is C9H17N3O. The molecule has 74 valence electrons. The second kappa shape index (κ2) is 6.44. The first-order chi connectivity index (χ1) is 6.11. The van der Waals surface area contributed by atoms with Crippen molar-refractivity contribution < 1.29 is 4.79 Å². The smallest absolute Gasteiger partial charge is 0.234 e. The molecule has 0 aromatic rings. The molecule has 0 aliphatic heterocycles. The van der Waals surface area contributed by atoms with E-state index in [9.17, 15) is 4.79 Å². The van der Waals surface area contributed by atoms with E-state index < -0.39 is 0 Å². The highest BCUT2D eigenvalue weighted by atomic mass is 16.2. The molecule has 4 heteroatoms. The third kappa shape index (κ3) is 5.21. The minimum Gasteiger partial charge on any atom is -0.355 e. The predicted molar refractivity (Wildman–Crippen MR) is 51.0 cm³/mol. The van der Waals surface area contributed by atoms with Gasteiger partial charge in [0.1, 0.15) is 0 Å². The topological polar surface area (TPSA) is 56.1 Å². The van der Waals surface area contributed by atoms with E-state index in [1.165, 1.54) is 0 Å². The van der Waals surface area contributed by atoms with Crippen LogP contribution in [0.2, 0.25) is 0 Å². The Morgan fingerprint density at radius 2 is 2.31 bits per heavy atom. The number of hydrogen-bond acceptors (Lipinski definition) is 3. The van der Waals surface area contributed by atoms with Gasteiger partial charge in [-0.1, -0.05) is 6.92 Å². The number of rotatable bonds is 5. The molecule has 0 saturated heterocycles. The van der Waals surface area contributed by atoms with Gasteiger partial charge in [-0.2, -0.15) is 5.26 Å². The third-order valence-electron chi connectivity index (χ3n) is 1.81. The van der Waals surface area contributed by atoms with Crippen LogP contribution in [0, 0.1) is 11.3 Å². The van der Waals surface area contributed by atoms with Crippen molar-refractivity contribution in [2.24, 2.45) is 0 Å². The van der Waals surface area contributed by atoms with Gasteiger partial charge >= 0.3 is 0 Å². The maximum Gasteiger partial charge on any atom is 0.234 e. The monoisotopic (exact) mass is 183 g/mol. The molecule has 1 atom stereocenters. The molecule has 0 spiro atoms. The summed E-state index contributed by atoms with van der Waals surface area (Å²) in [7, 11) is 1.76. The van der Waals surface area contributed by atoms with Crippen LogP contribution in [-0.4, -0.2) is 37.0 Å². The van der Waals surface area contributed by atoms with Gasteiger partial charge in [-0.3, -0.25) is 9.69 Å². The van der Waals surface area contributed by atoms with E-state index in [1.807, 2.05) is 6.92 Å². The highest BCUT2D eigenvalue weighted by molar-refractivity contribution is 5.77. The molecule has 0 radical (unpaired) electrons. The van der Waals surface area contributed by atoms with Crippen molar-refractivity contribution in [2.45, 2.75) is 26.3 Å². The molecule has 0 heterocycles. The molecule has 0 aromatic heterocycles. The van der Waals surface area contributed by atoms with Crippen molar-refractivity contribution in [1.29, 1.82) is 5.26 Å². The number of amides is 1. The van der Waals surface area contributed by atoms with Gasteiger partial charge in [0.05, 0.1) is 18.7 Å². The molecule has 1 unspecified atom stereocenters. The van der Waals surface area contributed by atoms with Crippen LogP contribution in [0.3, 0.4) is 0 Å². The molecule has 0 fully saturated rings. The van der Waals surface area contributed by atoms with Gasteiger partial charge in [0.15, 0.2) is 0 Å². The van der Waals surface area contributed by atoms with Crippen molar-refractivity contribution in [3.05, 3.63) is 0 Å². The largest absolute Gasteiger partial charge is 0.355 e. The standard InChI is InChI=1S/C9H17N3O/c1-4-5-11-9(13)7-12(3)8(2)6-10/h8H,4-5,7H2,1-3H3,(H,11,13). The summed E-state index contributed by atoms with van der Waals surface area (Å²) in [6.45, 7) is 4.76. The average Bonchev–Trinajstić information content (AvgIpc) is 2.13. The highest BCUT2D eigenvalue weighted by Gasteiger charge is 2.10. The van der Waals surface area contributed by atoms with E-state index in [4.69, 9.17) is 5.26 Å². The van der Waals surface area contributed by atoms with Gasteiger partial charge in [0, 0.05) is 6.54 Å². The fraction of sp³-hybridized carbons (Fsp3) is 0.778. The first-order valence-electron chi connectivity index (χ1n) is 4.48. The number of nitriles is 1. The first-order valence-corrected chi connectivity index (χ1v) is 4.48. The van der Waals surface area contributed by atoms with Crippen LogP contribution in [0.5, 0.6) is 0 Å². The molecule has 0 aromatic carbocycles. The number of carbonyl (C=O) groups is 1. The first kappa shape index (κ1) is 11.9. The summed E-state index contributed by atoms with van der Waals surface area (Å²) >= 11 is 0. The molecule has 13 heavy (non-hydrogen) atoms. The van der Waals surface area contributed by atoms with Gasteiger partial charge in [-0.15, -0.1) is 0 Å². The molecule has 1 amide bonds. The molecule has 4 nitrogen and oxygen atoms in total. The Hall–Kier alpha value is -1.08. The van der Waals surface area contributed by atoms with Gasteiger partial charge in [-0.25, -0.2) is 0 Å². The lowest BCUT2D eigenvalue weighted by Gasteiger charge is -2.17. The molecule has 0 aliphatic carbocycles. The number of carbonyl (C=O) groups excluding carboxylic acids is 1. The zero-order valence-electron chi connectivity index (χ0n) is 8.50. The van der Waals surface area contributed by atoms with Gasteiger partial charge in [0.25, 0.3) is 0 Å². The number of nitrogens with zero attached hydrogens (tertiary/aromatic N) is 2. The summed E-state index contributed by atoms with van der Waals surface area (Å²) in [5, 5.41) is 11.3. The molecule has 0 saturated carbocycles. The minimum absolute atomic E-state index is 0.0218. The summed E-state index contributed by atoms with van der Waals surface area (Å²) in [5.74, 6) is -0.0218. The van der Waals surface area contributed by atoms with Crippen molar-refractivity contribution in [1.82, 2.24) is 10.2 Å². The van der Waals surface area contributed by atoms with Gasteiger partial charge in [-0.05, 0) is 20.4 Å². The van der Waals surface area contributed by atoms with Crippen molar-refractivity contribution in [3.63, 3.8) is 0 Å². The minimum atomic E-state index is -0.215.